The predicted molar refractivity (Wildman–Crippen MR) is 6.18 cm³/mol. The van der Waals surface area contributed by atoms with E-state index in [-0.39, 0.29) is 161 Å². The molecule has 0 spiro atoms. The normalized spacial score (nSPS) is 0. The zero-order valence-corrected chi connectivity index (χ0v) is 13.9. The Balaban J connectivity index is 0. The van der Waals surface area contributed by atoms with Crippen molar-refractivity contribution < 1.29 is 161 Å². The van der Waals surface area contributed by atoms with Crippen LogP contribution >= 0.6 is 0 Å². The Morgan fingerprint density at radius 1 is 0.267 bits per heavy atom. The van der Waals surface area contributed by atoms with Crippen LogP contribution < -0.4 is 0 Å². The van der Waals surface area contributed by atoms with Crippen molar-refractivity contribution in [2.75, 3.05) is 0 Å². The molecule has 0 fully saturated rings. The zero-order chi connectivity index (χ0) is 0. The minimum Gasteiger partial charge on any atom is -2.00 e. The zero-order valence-electron chi connectivity index (χ0n) is 6.16. The smallest absolute Gasteiger partial charge is 2.00 e. The van der Waals surface area contributed by atoms with E-state index in [0.717, 1.165) is 0 Å². The number of hydrogen-bond acceptors (Lipinski definition) is 0. The van der Waals surface area contributed by atoms with E-state index in [0.29, 0.717) is 0 Å². The van der Waals surface area contributed by atoms with Gasteiger partial charge in [-0.25, -0.2) is 0 Å². The summed E-state index contributed by atoms with van der Waals surface area (Å²) in [5.74, 6) is 0. The number of rotatable bonds is 0. The molecule has 4 radical (unpaired) electrons. The van der Waals surface area contributed by atoms with E-state index >= 15 is 0 Å². The van der Waals surface area contributed by atoms with Crippen LogP contribution in [0.5, 0.6) is 0 Å². The first-order chi connectivity index (χ1) is 0. The van der Waals surface area contributed by atoms with Gasteiger partial charge in [0.1, 0.15) is 0 Å². The summed E-state index contributed by atoms with van der Waals surface area (Å²) in [5, 5.41) is 0. The van der Waals surface area contributed by atoms with Gasteiger partial charge < -0.3 is 49.3 Å². The molecule has 9 nitrogen and oxygen atoms in total. The molecule has 0 saturated carbocycles. The van der Waals surface area contributed by atoms with Gasteiger partial charge in [-0.1, -0.05) is 0 Å². The molecule has 0 aliphatic heterocycles. The fourth-order valence-corrected chi connectivity index (χ4v) is 0. The van der Waals surface area contributed by atoms with Gasteiger partial charge in [-0.05, 0) is 0 Å². The van der Waals surface area contributed by atoms with Crippen molar-refractivity contribution in [3.63, 3.8) is 0 Å². The minimum absolute atomic E-state index is 0. The van der Waals surface area contributed by atoms with Crippen LogP contribution in [0.25, 0.3) is 0 Å². The fraction of sp³-hybridized carbons (Fsp3) is 0. The first-order valence-corrected chi connectivity index (χ1v) is 0. The van der Waals surface area contributed by atoms with Gasteiger partial charge in [0.2, 0.25) is 0 Å². The monoisotopic (exact) mass is 462 g/mol. The standard InChI is InChI=1S/2Co.2Cr.9O.2Ti/q2*+2;2*+3;9*-2;2*+4. The van der Waals surface area contributed by atoms with E-state index in [1.807, 2.05) is 0 Å². The first-order valence-electron chi connectivity index (χ1n) is 0. The molecule has 92 valence electrons. The molecule has 0 aromatic rings. The molecule has 0 N–H and O–H groups in total. The van der Waals surface area contributed by atoms with Gasteiger partial charge >= 0.3 is 112 Å². The summed E-state index contributed by atoms with van der Waals surface area (Å²) >= 11 is 0. The molecule has 15 heavy (non-hydrogen) atoms. The molecular formula is Co2Cr2O9Ti2. The molecule has 0 aliphatic rings. The Morgan fingerprint density at radius 2 is 0.267 bits per heavy atom. The van der Waals surface area contributed by atoms with Crippen LogP contribution in [-0.2, 0) is 161 Å². The van der Waals surface area contributed by atoms with E-state index in [1.165, 1.54) is 0 Å². The van der Waals surface area contributed by atoms with Crippen molar-refractivity contribution >= 4 is 0 Å². The second-order valence-electron chi connectivity index (χ2n) is 0. The average molecular weight is 462 g/mol. The van der Waals surface area contributed by atoms with E-state index in [9.17, 15) is 0 Å². The van der Waals surface area contributed by atoms with Crippen molar-refractivity contribution in [2.45, 2.75) is 0 Å². The average Bonchev–Trinajstić information content (AvgIpc) is 0. The van der Waals surface area contributed by atoms with Crippen LogP contribution in [0.4, 0.5) is 0 Å². The van der Waals surface area contributed by atoms with Crippen molar-refractivity contribution in [2.24, 2.45) is 0 Å². The fourth-order valence-electron chi connectivity index (χ4n) is 0. The van der Waals surface area contributed by atoms with E-state index in [1.54, 1.807) is 0 Å². The molecule has 0 heterocycles. The molecule has 0 rings (SSSR count). The molecular weight excluding hydrogens is 462 g/mol. The maximum atomic E-state index is 0. The van der Waals surface area contributed by atoms with Gasteiger partial charge in [0.25, 0.3) is 0 Å². The van der Waals surface area contributed by atoms with Crippen molar-refractivity contribution in [3.8, 4) is 0 Å². The Kier molecular flexibility index (Phi) is 16200. The van der Waals surface area contributed by atoms with Crippen LogP contribution in [0.2, 0.25) is 0 Å². The number of hydrogen-bond donors (Lipinski definition) is 0. The largest absolute Gasteiger partial charge is 4.00 e. The van der Waals surface area contributed by atoms with Gasteiger partial charge in [-0.3, -0.25) is 0 Å². The Labute approximate surface area is 159 Å². The summed E-state index contributed by atoms with van der Waals surface area (Å²) in [5.41, 5.74) is 0. The molecule has 0 unspecified atom stereocenters. The third kappa shape index (κ3) is 397. The van der Waals surface area contributed by atoms with Crippen molar-refractivity contribution in [1.29, 1.82) is 0 Å². The molecule has 0 aromatic carbocycles. The molecule has 0 amide bonds. The third-order valence-electron chi connectivity index (χ3n) is 0. The van der Waals surface area contributed by atoms with Crippen LogP contribution in [-0.4, -0.2) is 0 Å². The van der Waals surface area contributed by atoms with Crippen molar-refractivity contribution in [1.82, 2.24) is 0 Å². The summed E-state index contributed by atoms with van der Waals surface area (Å²) in [6.45, 7) is 0. The second kappa shape index (κ2) is 452. The quantitative estimate of drug-likeness (QED) is 0.390. The van der Waals surface area contributed by atoms with Gasteiger partial charge in [-0.15, -0.1) is 0 Å². The Morgan fingerprint density at radius 3 is 0.267 bits per heavy atom. The topological polar surface area (TPSA) is 256 Å². The van der Waals surface area contributed by atoms with Gasteiger partial charge in [-0.2, -0.15) is 0 Å². The molecule has 0 saturated heterocycles. The van der Waals surface area contributed by atoms with Crippen LogP contribution in [0.3, 0.4) is 0 Å². The van der Waals surface area contributed by atoms with E-state index < -0.39 is 0 Å². The minimum atomic E-state index is 0. The van der Waals surface area contributed by atoms with E-state index in [4.69, 9.17) is 0 Å². The van der Waals surface area contributed by atoms with Crippen LogP contribution in [0.15, 0.2) is 0 Å². The summed E-state index contributed by atoms with van der Waals surface area (Å²) in [6, 6.07) is 0. The molecule has 0 aromatic heterocycles. The van der Waals surface area contributed by atoms with Crippen LogP contribution in [0, 0.1) is 0 Å². The van der Waals surface area contributed by atoms with E-state index in [2.05, 4.69) is 0 Å². The first kappa shape index (κ1) is 539. The second-order valence-corrected chi connectivity index (χ2v) is 0. The summed E-state index contributed by atoms with van der Waals surface area (Å²) in [7, 11) is 0. The van der Waals surface area contributed by atoms with Crippen LogP contribution in [0.1, 0.15) is 0 Å². The maximum absolute atomic E-state index is 0. The Bertz CT molecular complexity index is 24.1. The molecule has 0 bridgehead atoms. The molecule has 0 atom stereocenters. The third-order valence-corrected chi connectivity index (χ3v) is 0. The molecule has 0 aliphatic carbocycles. The SMILES string of the molecule is [Co+2].[Co+2].[Cr+3].[Cr+3].[O-2].[O-2].[O-2].[O-2].[O-2].[O-2].[O-2].[O-2].[O-2].[Ti+4].[Ti+4]. The van der Waals surface area contributed by atoms with Gasteiger partial charge in [0.05, 0.1) is 0 Å². The molecule has 15 heteroatoms. The van der Waals surface area contributed by atoms with Crippen molar-refractivity contribution in [3.05, 3.63) is 0 Å². The van der Waals surface area contributed by atoms with Gasteiger partial charge in [0, 0.05) is 0 Å². The van der Waals surface area contributed by atoms with Gasteiger partial charge in [0.15, 0.2) is 0 Å². The Hall–Kier alpha value is 3.15. The summed E-state index contributed by atoms with van der Waals surface area (Å²) in [6.07, 6.45) is 0. The summed E-state index contributed by atoms with van der Waals surface area (Å²) < 4.78 is 0. The maximum Gasteiger partial charge on any atom is 4.00 e. The summed E-state index contributed by atoms with van der Waals surface area (Å²) in [4.78, 5) is 0. The predicted octanol–water partition coefficient (Wildman–Crippen LogP) is -1.08.